The van der Waals surface area contributed by atoms with Crippen molar-refractivity contribution in [1.29, 1.82) is 0 Å². The largest absolute Gasteiger partial charge is 0.317 e. The average molecular weight is 664 g/mol. The Hall–Kier alpha value is -5.22. The third-order valence-electron chi connectivity index (χ3n) is 11.4. The first-order valence-electron chi connectivity index (χ1n) is 18.4. The lowest BCUT2D eigenvalue weighted by Crippen LogP contribution is -2.63. The Morgan fingerprint density at radius 3 is 1.76 bits per heavy atom. The summed E-state index contributed by atoms with van der Waals surface area (Å²) in [7, 11) is 0. The highest BCUT2D eigenvalue weighted by Gasteiger charge is 2.52. The minimum absolute atomic E-state index is 0.00858. The summed E-state index contributed by atoms with van der Waals surface area (Å²) in [6, 6.07) is 50.2. The molecule has 3 aliphatic rings. The van der Waals surface area contributed by atoms with Gasteiger partial charge in [-0.3, -0.25) is 0 Å². The Bertz CT molecular complexity index is 2330. The van der Waals surface area contributed by atoms with Crippen molar-refractivity contribution in [1.82, 2.24) is 0 Å². The number of hydrogen-bond donors (Lipinski definition) is 0. The Morgan fingerprint density at radius 2 is 1.08 bits per heavy atom. The van der Waals surface area contributed by atoms with Crippen molar-refractivity contribution in [3.8, 4) is 11.1 Å². The molecule has 51 heavy (non-hydrogen) atoms. The quantitative estimate of drug-likeness (QED) is 0.174. The number of rotatable bonds is 3. The molecule has 0 aliphatic carbocycles. The molecule has 0 aromatic heterocycles. The Labute approximate surface area is 304 Å². The highest BCUT2D eigenvalue weighted by atomic mass is 15.5. The highest BCUT2D eigenvalue weighted by Crippen LogP contribution is 2.55. The van der Waals surface area contributed by atoms with Crippen LogP contribution in [0.3, 0.4) is 0 Å². The molecule has 4 heteroatoms. The van der Waals surface area contributed by atoms with E-state index in [-0.39, 0.29) is 23.2 Å². The Morgan fingerprint density at radius 1 is 0.490 bits per heavy atom. The Kier molecular flexibility index (Phi) is 6.78. The monoisotopic (exact) mass is 663 g/mol. The van der Waals surface area contributed by atoms with Gasteiger partial charge in [0.15, 0.2) is 0 Å². The maximum Gasteiger partial charge on any atom is 0.252 e. The second-order valence-electron chi connectivity index (χ2n) is 17.1. The molecule has 0 atom stereocenters. The lowest BCUT2D eigenvalue weighted by molar-refractivity contribution is 0.541. The van der Waals surface area contributed by atoms with Gasteiger partial charge in [-0.1, -0.05) is 126 Å². The van der Waals surface area contributed by atoms with E-state index in [1.165, 1.54) is 78.5 Å². The number of anilines is 7. The minimum atomic E-state index is -0.345. The summed E-state index contributed by atoms with van der Waals surface area (Å²) in [4.78, 5) is 7.72. The minimum Gasteiger partial charge on any atom is -0.317 e. The molecule has 252 valence electrons. The smallest absolute Gasteiger partial charge is 0.252 e. The fourth-order valence-electron chi connectivity index (χ4n) is 8.92. The van der Waals surface area contributed by atoms with Gasteiger partial charge in [-0.15, -0.1) is 0 Å². The molecule has 6 aromatic carbocycles. The lowest BCUT2D eigenvalue weighted by atomic mass is 9.33. The van der Waals surface area contributed by atoms with Crippen molar-refractivity contribution in [2.75, 3.05) is 14.7 Å². The van der Waals surface area contributed by atoms with E-state index in [4.69, 9.17) is 0 Å². The van der Waals surface area contributed by atoms with E-state index in [1.807, 2.05) is 0 Å². The molecule has 6 aromatic rings. The fraction of sp³-hybridized carbons (Fsp3) is 0.234. The fourth-order valence-corrected chi connectivity index (χ4v) is 8.92. The molecule has 0 spiro atoms. The van der Waals surface area contributed by atoms with Crippen LogP contribution in [0.1, 0.15) is 66.5 Å². The van der Waals surface area contributed by atoms with E-state index in [0.717, 1.165) is 0 Å². The molecule has 0 saturated heterocycles. The van der Waals surface area contributed by atoms with Crippen LogP contribution < -0.4 is 31.1 Å². The summed E-state index contributed by atoms with van der Waals surface area (Å²) in [6.07, 6.45) is 0. The average Bonchev–Trinajstić information content (AvgIpc) is 3.36. The topological polar surface area (TPSA) is 9.72 Å². The second-order valence-corrected chi connectivity index (χ2v) is 17.1. The molecule has 0 saturated carbocycles. The third kappa shape index (κ3) is 4.65. The third-order valence-corrected chi connectivity index (χ3v) is 11.4. The van der Waals surface area contributed by atoms with Crippen LogP contribution >= 0.6 is 0 Å². The molecule has 0 N–H and O–H groups in total. The standard InChI is InChI=1S/C47H46BN3/c1-45(2,3)32-25-27-38(35(29-32)31-17-11-9-12-18-31)49-39-28-26-33(46(4,5)6)30-37(39)48-36-21-15-24-42-44(36)51(41-23-16-22-40(49)43(41)48)47(7,8)50(42)34-19-13-10-14-20-34/h9-30H,1-8H3. The van der Waals surface area contributed by atoms with Crippen LogP contribution in [0, 0.1) is 0 Å². The first kappa shape index (κ1) is 31.7. The molecule has 0 fully saturated rings. The van der Waals surface area contributed by atoms with Crippen LogP contribution in [0.5, 0.6) is 0 Å². The van der Waals surface area contributed by atoms with Crippen LogP contribution in [-0.4, -0.2) is 12.4 Å². The van der Waals surface area contributed by atoms with E-state index in [2.05, 4.69) is 204 Å². The summed E-state index contributed by atoms with van der Waals surface area (Å²) < 4.78 is 0. The zero-order valence-electron chi connectivity index (χ0n) is 31.1. The van der Waals surface area contributed by atoms with Gasteiger partial charge < -0.3 is 14.7 Å². The van der Waals surface area contributed by atoms with E-state index in [9.17, 15) is 0 Å². The SMILES string of the molecule is CC(C)(C)c1ccc2c(c1)B1c3cccc4c3N(c3cccc(c31)N2c1ccc(C(C)(C)C)cc1-c1ccccc1)C(C)(C)N4c1ccccc1. The number of nitrogens with zero attached hydrogens (tertiary/aromatic N) is 3. The van der Waals surface area contributed by atoms with E-state index in [1.54, 1.807) is 0 Å². The first-order chi connectivity index (χ1) is 24.4. The number of para-hydroxylation sites is 2. The van der Waals surface area contributed by atoms with Gasteiger partial charge in [0.2, 0.25) is 0 Å². The molecule has 3 aliphatic heterocycles. The van der Waals surface area contributed by atoms with Gasteiger partial charge in [0.05, 0.1) is 17.1 Å². The zero-order chi connectivity index (χ0) is 35.4. The van der Waals surface area contributed by atoms with Crippen molar-refractivity contribution in [2.24, 2.45) is 0 Å². The van der Waals surface area contributed by atoms with Crippen molar-refractivity contribution in [3.05, 3.63) is 145 Å². The number of fused-ring (bicyclic) bond motifs is 4. The molecule has 3 heterocycles. The van der Waals surface area contributed by atoms with Crippen molar-refractivity contribution in [2.45, 2.75) is 71.9 Å². The first-order valence-corrected chi connectivity index (χ1v) is 18.4. The Balaban J connectivity index is 1.36. The van der Waals surface area contributed by atoms with Gasteiger partial charge in [0.1, 0.15) is 5.66 Å². The number of hydrogen-bond acceptors (Lipinski definition) is 3. The maximum atomic E-state index is 2.62. The van der Waals surface area contributed by atoms with Crippen molar-refractivity contribution < 1.29 is 0 Å². The van der Waals surface area contributed by atoms with E-state index >= 15 is 0 Å². The van der Waals surface area contributed by atoms with Crippen LogP contribution in [-0.2, 0) is 10.8 Å². The normalized spacial score (nSPS) is 15.5. The molecule has 0 bridgehead atoms. The molecule has 0 amide bonds. The summed E-state index contributed by atoms with van der Waals surface area (Å²) in [5.41, 5.74) is 17.7. The van der Waals surface area contributed by atoms with Crippen molar-refractivity contribution >= 4 is 62.9 Å². The van der Waals surface area contributed by atoms with Gasteiger partial charge in [-0.25, -0.2) is 0 Å². The summed E-state index contributed by atoms with van der Waals surface area (Å²) >= 11 is 0. The van der Waals surface area contributed by atoms with Crippen molar-refractivity contribution in [3.63, 3.8) is 0 Å². The predicted molar refractivity (Wildman–Crippen MR) is 220 cm³/mol. The van der Waals surface area contributed by atoms with Crippen LogP contribution in [0.2, 0.25) is 0 Å². The molecular formula is C47H46BN3. The lowest BCUT2D eigenvalue weighted by Gasteiger charge is -2.47. The molecule has 0 radical (unpaired) electrons. The maximum absolute atomic E-state index is 2.62. The predicted octanol–water partition coefficient (Wildman–Crippen LogP) is 10.6. The van der Waals surface area contributed by atoms with Gasteiger partial charge in [0.25, 0.3) is 6.71 Å². The van der Waals surface area contributed by atoms with Gasteiger partial charge in [0, 0.05) is 28.3 Å². The van der Waals surface area contributed by atoms with Crippen LogP contribution in [0.4, 0.5) is 39.8 Å². The zero-order valence-corrected chi connectivity index (χ0v) is 31.1. The molecule has 0 unspecified atom stereocenters. The molecule has 9 rings (SSSR count). The van der Waals surface area contributed by atoms with Crippen LogP contribution in [0.25, 0.3) is 11.1 Å². The van der Waals surface area contributed by atoms with Gasteiger partial charge >= 0.3 is 0 Å². The van der Waals surface area contributed by atoms with Crippen LogP contribution in [0.15, 0.2) is 133 Å². The number of benzene rings is 6. The molecular weight excluding hydrogens is 617 g/mol. The summed E-state index contributed by atoms with van der Waals surface area (Å²) in [5, 5.41) is 0. The highest BCUT2D eigenvalue weighted by molar-refractivity contribution is 7.00. The van der Waals surface area contributed by atoms with Gasteiger partial charge in [-0.2, -0.15) is 0 Å². The molecule has 3 nitrogen and oxygen atoms in total. The second kappa shape index (κ2) is 10.9. The van der Waals surface area contributed by atoms with E-state index < -0.39 is 0 Å². The van der Waals surface area contributed by atoms with Gasteiger partial charge in [-0.05, 0) is 106 Å². The summed E-state index contributed by atoms with van der Waals surface area (Å²) in [6.45, 7) is 18.7. The summed E-state index contributed by atoms with van der Waals surface area (Å²) in [5.74, 6) is 0. The van der Waals surface area contributed by atoms with E-state index in [0.29, 0.717) is 0 Å².